The van der Waals surface area contributed by atoms with Crippen molar-refractivity contribution in [1.82, 2.24) is 0 Å². The Morgan fingerprint density at radius 1 is 1.25 bits per heavy atom. The molecule has 1 nitrogen and oxygen atoms in total. The molecule has 0 fully saturated rings. The summed E-state index contributed by atoms with van der Waals surface area (Å²) in [5.41, 5.74) is -0.293. The Hall–Kier alpha value is -0.240. The van der Waals surface area contributed by atoms with Crippen molar-refractivity contribution in [1.29, 1.82) is 0 Å². The molecular weight excluding hydrogens is 195 g/mol. The standard InChI is InChI=1S/C9H10Cl2O/c1-9(2,12)6-4-3-5-7(10)8(6)11/h3-5,12H,1-2H3. The zero-order valence-corrected chi connectivity index (χ0v) is 8.45. The summed E-state index contributed by atoms with van der Waals surface area (Å²) < 4.78 is 0. The third kappa shape index (κ3) is 1.92. The van der Waals surface area contributed by atoms with E-state index in [9.17, 15) is 5.11 Å². The molecule has 1 aromatic carbocycles. The summed E-state index contributed by atoms with van der Waals surface area (Å²) in [5.74, 6) is 0. The lowest BCUT2D eigenvalue weighted by atomic mass is 9.99. The van der Waals surface area contributed by atoms with E-state index < -0.39 is 5.60 Å². The normalized spacial score (nSPS) is 11.8. The van der Waals surface area contributed by atoms with Crippen LogP contribution in [-0.4, -0.2) is 5.11 Å². The zero-order chi connectivity index (χ0) is 9.35. The number of aliphatic hydroxyl groups is 1. The monoisotopic (exact) mass is 204 g/mol. The highest BCUT2D eigenvalue weighted by molar-refractivity contribution is 6.42. The second-order valence-corrected chi connectivity index (χ2v) is 3.95. The number of hydrogen-bond acceptors (Lipinski definition) is 1. The van der Waals surface area contributed by atoms with Gasteiger partial charge in [-0.3, -0.25) is 0 Å². The molecule has 0 aliphatic heterocycles. The fourth-order valence-corrected chi connectivity index (χ4v) is 1.51. The summed E-state index contributed by atoms with van der Waals surface area (Å²) in [6.45, 7) is 3.34. The van der Waals surface area contributed by atoms with Crippen molar-refractivity contribution >= 4 is 23.2 Å². The summed E-state index contributed by atoms with van der Waals surface area (Å²) in [6, 6.07) is 5.22. The molecule has 1 aromatic rings. The molecule has 0 radical (unpaired) electrons. The van der Waals surface area contributed by atoms with Crippen LogP contribution in [0.5, 0.6) is 0 Å². The summed E-state index contributed by atoms with van der Waals surface area (Å²) in [5, 5.41) is 10.5. The number of rotatable bonds is 1. The Bertz CT molecular complexity index is 289. The van der Waals surface area contributed by atoms with Gasteiger partial charge in [-0.15, -0.1) is 0 Å². The summed E-state index contributed by atoms with van der Waals surface area (Å²) in [7, 11) is 0. The first-order chi connectivity index (χ1) is 5.43. The van der Waals surface area contributed by atoms with Crippen molar-refractivity contribution in [2.24, 2.45) is 0 Å². The van der Waals surface area contributed by atoms with E-state index in [-0.39, 0.29) is 0 Å². The quantitative estimate of drug-likeness (QED) is 0.746. The average molecular weight is 205 g/mol. The smallest absolute Gasteiger partial charge is 0.0855 e. The Balaban J connectivity index is 3.26. The predicted octanol–water partition coefficient (Wildman–Crippen LogP) is 3.22. The second-order valence-electron chi connectivity index (χ2n) is 3.16. The maximum atomic E-state index is 9.65. The van der Waals surface area contributed by atoms with E-state index in [4.69, 9.17) is 23.2 Å². The third-order valence-electron chi connectivity index (χ3n) is 1.61. The van der Waals surface area contributed by atoms with Gasteiger partial charge in [0.25, 0.3) is 0 Å². The van der Waals surface area contributed by atoms with Crippen LogP contribution in [0.25, 0.3) is 0 Å². The average Bonchev–Trinajstić information content (AvgIpc) is 1.92. The van der Waals surface area contributed by atoms with Crippen molar-refractivity contribution in [2.75, 3.05) is 0 Å². The van der Waals surface area contributed by atoms with Gasteiger partial charge in [0.05, 0.1) is 15.6 Å². The van der Waals surface area contributed by atoms with Gasteiger partial charge >= 0.3 is 0 Å². The molecule has 0 saturated heterocycles. The van der Waals surface area contributed by atoms with Crippen molar-refractivity contribution in [3.05, 3.63) is 33.8 Å². The van der Waals surface area contributed by atoms with Gasteiger partial charge in [-0.25, -0.2) is 0 Å². The first-order valence-corrected chi connectivity index (χ1v) is 4.35. The molecule has 0 heterocycles. The van der Waals surface area contributed by atoms with E-state index in [0.717, 1.165) is 0 Å². The lowest BCUT2D eigenvalue weighted by Crippen LogP contribution is -2.15. The maximum absolute atomic E-state index is 9.65. The summed E-state index contributed by atoms with van der Waals surface area (Å²) >= 11 is 11.7. The molecule has 0 aromatic heterocycles. The van der Waals surface area contributed by atoms with Gasteiger partial charge in [0.2, 0.25) is 0 Å². The minimum atomic E-state index is -0.942. The molecule has 0 saturated carbocycles. The third-order valence-corrected chi connectivity index (χ3v) is 2.43. The van der Waals surface area contributed by atoms with Crippen LogP contribution in [0.15, 0.2) is 18.2 Å². The van der Waals surface area contributed by atoms with Gasteiger partial charge in [-0.2, -0.15) is 0 Å². The SMILES string of the molecule is CC(C)(O)c1cccc(Cl)c1Cl. The van der Waals surface area contributed by atoms with Crippen LogP contribution in [0.2, 0.25) is 10.0 Å². The van der Waals surface area contributed by atoms with Crippen LogP contribution in [0, 0.1) is 0 Å². The van der Waals surface area contributed by atoms with Gasteiger partial charge in [-0.05, 0) is 19.9 Å². The molecule has 0 aliphatic rings. The molecule has 0 amide bonds. The van der Waals surface area contributed by atoms with E-state index in [1.807, 2.05) is 0 Å². The highest BCUT2D eigenvalue weighted by Crippen LogP contribution is 2.32. The predicted molar refractivity (Wildman–Crippen MR) is 51.7 cm³/mol. The first-order valence-electron chi connectivity index (χ1n) is 3.60. The van der Waals surface area contributed by atoms with Crippen LogP contribution in [0.1, 0.15) is 19.4 Å². The van der Waals surface area contributed by atoms with Gasteiger partial charge in [0, 0.05) is 5.56 Å². The molecule has 0 unspecified atom stereocenters. The molecule has 0 atom stereocenters. The van der Waals surface area contributed by atoms with E-state index in [1.54, 1.807) is 32.0 Å². The topological polar surface area (TPSA) is 20.2 Å². The molecule has 1 N–H and O–H groups in total. The Morgan fingerprint density at radius 3 is 2.25 bits per heavy atom. The van der Waals surface area contributed by atoms with Gasteiger partial charge in [-0.1, -0.05) is 35.3 Å². The number of hydrogen-bond donors (Lipinski definition) is 1. The molecule has 0 spiro atoms. The lowest BCUT2D eigenvalue weighted by Gasteiger charge is -2.19. The number of halogens is 2. The molecule has 12 heavy (non-hydrogen) atoms. The largest absolute Gasteiger partial charge is 0.386 e. The highest BCUT2D eigenvalue weighted by atomic mass is 35.5. The Morgan fingerprint density at radius 2 is 1.83 bits per heavy atom. The molecule has 0 bridgehead atoms. The highest BCUT2D eigenvalue weighted by Gasteiger charge is 2.20. The fourth-order valence-electron chi connectivity index (χ4n) is 0.976. The van der Waals surface area contributed by atoms with Crippen LogP contribution in [0.3, 0.4) is 0 Å². The van der Waals surface area contributed by atoms with Crippen molar-refractivity contribution in [3.63, 3.8) is 0 Å². The van der Waals surface area contributed by atoms with Crippen LogP contribution < -0.4 is 0 Å². The van der Waals surface area contributed by atoms with E-state index >= 15 is 0 Å². The van der Waals surface area contributed by atoms with E-state index in [0.29, 0.717) is 15.6 Å². The maximum Gasteiger partial charge on any atom is 0.0855 e. The Kier molecular flexibility index (Phi) is 2.67. The lowest BCUT2D eigenvalue weighted by molar-refractivity contribution is 0.0787. The van der Waals surface area contributed by atoms with Gasteiger partial charge < -0.3 is 5.11 Å². The van der Waals surface area contributed by atoms with Crippen molar-refractivity contribution < 1.29 is 5.11 Å². The molecular formula is C9H10Cl2O. The van der Waals surface area contributed by atoms with Crippen molar-refractivity contribution in [3.8, 4) is 0 Å². The van der Waals surface area contributed by atoms with Gasteiger partial charge in [0.15, 0.2) is 0 Å². The summed E-state index contributed by atoms with van der Waals surface area (Å²) in [4.78, 5) is 0. The minimum Gasteiger partial charge on any atom is -0.386 e. The second kappa shape index (κ2) is 3.25. The molecule has 3 heteroatoms. The summed E-state index contributed by atoms with van der Waals surface area (Å²) in [6.07, 6.45) is 0. The zero-order valence-electron chi connectivity index (χ0n) is 6.94. The molecule has 1 rings (SSSR count). The van der Waals surface area contributed by atoms with Crippen LogP contribution in [0.4, 0.5) is 0 Å². The molecule has 66 valence electrons. The fraction of sp³-hybridized carbons (Fsp3) is 0.333. The van der Waals surface area contributed by atoms with Crippen LogP contribution >= 0.6 is 23.2 Å². The number of benzene rings is 1. The minimum absolute atomic E-state index is 0.423. The Labute approximate surface area is 81.9 Å². The first kappa shape index (κ1) is 9.85. The van der Waals surface area contributed by atoms with E-state index in [1.165, 1.54) is 0 Å². The van der Waals surface area contributed by atoms with E-state index in [2.05, 4.69) is 0 Å². The van der Waals surface area contributed by atoms with Gasteiger partial charge in [0.1, 0.15) is 0 Å². The van der Waals surface area contributed by atoms with Crippen LogP contribution in [-0.2, 0) is 5.60 Å². The van der Waals surface area contributed by atoms with Crippen molar-refractivity contribution in [2.45, 2.75) is 19.4 Å². The molecule has 0 aliphatic carbocycles.